The minimum atomic E-state index is -7.85. The van der Waals surface area contributed by atoms with Crippen molar-refractivity contribution in [1.29, 1.82) is 0 Å². The number of hydrogen-bond acceptors (Lipinski definition) is 7. The molecule has 4 aromatic carbocycles. The second-order valence-electron chi connectivity index (χ2n) is 13.8. The van der Waals surface area contributed by atoms with E-state index in [1.807, 2.05) is 97.1 Å². The molecule has 23 heteroatoms. The van der Waals surface area contributed by atoms with Crippen LogP contribution < -0.4 is 5.73 Å². The molecule has 0 radical (unpaired) electrons. The van der Waals surface area contributed by atoms with E-state index in [1.54, 1.807) is 0 Å². The van der Waals surface area contributed by atoms with Gasteiger partial charge in [-0.3, -0.25) is 0 Å². The van der Waals surface area contributed by atoms with E-state index < -0.39 is 48.8 Å². The fourth-order valence-corrected chi connectivity index (χ4v) is 6.73. The predicted octanol–water partition coefficient (Wildman–Crippen LogP) is 10.9. The zero-order valence-corrected chi connectivity index (χ0v) is 34.5. The second kappa shape index (κ2) is 15.6. The Bertz CT molecular complexity index is 2740. The van der Waals surface area contributed by atoms with E-state index in [1.165, 1.54) is 0 Å². The number of H-pyrrole nitrogens is 2. The molecule has 0 amide bonds. The summed E-state index contributed by atoms with van der Waals surface area (Å²) in [6.07, 6.45) is -9.75. The van der Waals surface area contributed by atoms with Gasteiger partial charge < -0.3 is 15.7 Å². The first-order valence-corrected chi connectivity index (χ1v) is 18.0. The van der Waals surface area contributed by atoms with Crippen molar-refractivity contribution in [3.63, 3.8) is 0 Å². The van der Waals surface area contributed by atoms with E-state index in [-0.39, 0.29) is 19.5 Å². The maximum Gasteiger partial charge on any atom is 0.460 e. The molecule has 0 atom stereocenters. The molecule has 2 aliphatic heterocycles. The molecule has 322 valence electrons. The van der Waals surface area contributed by atoms with Crippen LogP contribution in [0.3, 0.4) is 0 Å². The summed E-state index contributed by atoms with van der Waals surface area (Å²) in [7, 11) is 0. The average Bonchev–Trinajstić information content (AvgIpc) is 3.96. The molecule has 9 rings (SSSR count). The number of nitrogens with one attached hydrogen (secondary N) is 2. The Labute approximate surface area is 356 Å². The van der Waals surface area contributed by atoms with Crippen LogP contribution in [0.1, 0.15) is 6.42 Å². The molecular weight excluding hydrogens is 919 g/mol. The molecule has 4 N–H and O–H groups in total. The number of benzene rings is 4. The molecule has 0 fully saturated rings. The van der Waals surface area contributed by atoms with E-state index >= 15 is 0 Å². The van der Waals surface area contributed by atoms with Gasteiger partial charge in [0.2, 0.25) is 0 Å². The summed E-state index contributed by atoms with van der Waals surface area (Å²) in [5, 5.41) is 3.82. The van der Waals surface area contributed by atoms with Crippen molar-refractivity contribution in [2.45, 2.75) is 42.2 Å². The molecule has 9 nitrogen and oxygen atoms in total. The molecule has 2 aliphatic rings. The largest absolute Gasteiger partial charge is 0.460 e. The Hall–Kier alpha value is -6.09. The number of rotatable bonds is 6. The Morgan fingerprint density at radius 1 is 0.381 bits per heavy atom. The third-order valence-electron chi connectivity index (χ3n) is 9.92. The van der Waals surface area contributed by atoms with Crippen molar-refractivity contribution >= 4 is 44.1 Å². The van der Waals surface area contributed by atoms with Gasteiger partial charge in [-0.25, -0.2) is 29.9 Å². The van der Waals surface area contributed by atoms with Crippen molar-refractivity contribution in [3.05, 3.63) is 97.1 Å². The van der Waals surface area contributed by atoms with Crippen LogP contribution in [0.5, 0.6) is 0 Å². The van der Waals surface area contributed by atoms with Gasteiger partial charge in [0.05, 0.1) is 0 Å². The summed E-state index contributed by atoms with van der Waals surface area (Å²) in [6.45, 7) is -1.46. The number of nitrogens with two attached hydrogens (primary N) is 1. The number of aromatic nitrogens is 8. The Morgan fingerprint density at radius 2 is 0.651 bits per heavy atom. The van der Waals surface area contributed by atoms with E-state index in [4.69, 9.17) is 29.9 Å². The number of alkyl halides is 13. The molecular formula is C40H24F13N9Zn. The zero-order valence-electron chi connectivity index (χ0n) is 31.5. The van der Waals surface area contributed by atoms with Crippen LogP contribution >= 0.6 is 0 Å². The molecule has 63 heavy (non-hydrogen) atoms. The first kappa shape index (κ1) is 45.0. The van der Waals surface area contributed by atoms with E-state index in [9.17, 15) is 57.1 Å². The molecule has 3 aromatic heterocycles. The summed E-state index contributed by atoms with van der Waals surface area (Å²) in [5.41, 5.74) is 10.8. The van der Waals surface area contributed by atoms with Gasteiger partial charge in [0.25, 0.3) is 0 Å². The van der Waals surface area contributed by atoms with E-state index in [0.29, 0.717) is 45.9 Å². The maximum atomic E-state index is 12.8. The van der Waals surface area contributed by atoms with Crippen LogP contribution in [-0.4, -0.2) is 82.2 Å². The summed E-state index contributed by atoms with van der Waals surface area (Å²) >= 11 is 0. The van der Waals surface area contributed by atoms with Gasteiger partial charge >= 0.3 is 35.8 Å². The molecule has 0 unspecified atom stereocenters. The third kappa shape index (κ3) is 7.14. The van der Waals surface area contributed by atoms with Crippen LogP contribution in [-0.2, 0) is 19.5 Å². The fourth-order valence-electron chi connectivity index (χ4n) is 6.73. The van der Waals surface area contributed by atoms with Crippen LogP contribution in [0.15, 0.2) is 97.1 Å². The topological polar surface area (TPSA) is 135 Å². The average molecular weight is 943 g/mol. The molecule has 0 spiro atoms. The van der Waals surface area contributed by atoms with Crippen LogP contribution in [0, 0.1) is 0 Å². The molecule has 7 aromatic rings. The SMILES string of the molecule is NCCC(F)(F)C(F)(F)C(F)(F)C(F)(F)C(F)(F)C(F)(F)F.[Zn].c1ccc2c(c1)-c1nc-2nc2[nH]c(nc3nc(nc4[nH]c(n1)c1ccccc41)-c1ccccc1-3)c1ccccc21. The van der Waals surface area contributed by atoms with Gasteiger partial charge in [0.15, 0.2) is 23.3 Å². The summed E-state index contributed by atoms with van der Waals surface area (Å²) in [6, 6.07) is 32.2. The fraction of sp³-hybridized carbons (Fsp3) is 0.200. The Balaban J connectivity index is 0.000000224. The van der Waals surface area contributed by atoms with Crippen LogP contribution in [0.2, 0.25) is 0 Å². The number of fused-ring (bicyclic) bond motifs is 20. The minimum Gasteiger partial charge on any atom is -0.330 e. The quantitative estimate of drug-likeness (QED) is 0.112. The third-order valence-corrected chi connectivity index (χ3v) is 9.92. The Morgan fingerprint density at radius 3 is 0.921 bits per heavy atom. The number of halogens is 13. The van der Waals surface area contributed by atoms with Gasteiger partial charge in [-0.2, -0.15) is 57.1 Å². The zero-order chi connectivity index (χ0) is 44.6. The molecule has 0 saturated heterocycles. The van der Waals surface area contributed by atoms with Gasteiger partial charge in [-0.15, -0.1) is 0 Å². The van der Waals surface area contributed by atoms with Crippen molar-refractivity contribution in [3.8, 4) is 45.6 Å². The first-order valence-electron chi connectivity index (χ1n) is 18.0. The van der Waals surface area contributed by atoms with Crippen LogP contribution in [0.25, 0.3) is 89.7 Å². The van der Waals surface area contributed by atoms with Crippen molar-refractivity contribution in [2.75, 3.05) is 6.54 Å². The molecule has 8 bridgehead atoms. The molecule has 0 aliphatic carbocycles. The molecule has 0 saturated carbocycles. The summed E-state index contributed by atoms with van der Waals surface area (Å²) in [5.74, 6) is -34.2. The minimum absolute atomic E-state index is 0. The Kier molecular flexibility index (Phi) is 11.1. The number of nitrogens with zero attached hydrogens (tertiary/aromatic N) is 6. The smallest absolute Gasteiger partial charge is 0.330 e. The van der Waals surface area contributed by atoms with Gasteiger partial charge in [0.1, 0.15) is 22.6 Å². The van der Waals surface area contributed by atoms with Crippen molar-refractivity contribution in [1.82, 2.24) is 39.9 Å². The van der Waals surface area contributed by atoms with E-state index in [0.717, 1.165) is 43.8 Å². The maximum absolute atomic E-state index is 12.8. The predicted molar refractivity (Wildman–Crippen MR) is 201 cm³/mol. The van der Waals surface area contributed by atoms with E-state index in [2.05, 4.69) is 15.7 Å². The second-order valence-corrected chi connectivity index (χ2v) is 13.8. The normalized spacial score (nSPS) is 13.2. The number of hydrogen-bond donors (Lipinski definition) is 3. The van der Waals surface area contributed by atoms with Gasteiger partial charge in [-0.05, 0) is 6.54 Å². The number of aromatic amines is 2. The summed E-state index contributed by atoms with van der Waals surface area (Å²) in [4.78, 5) is 36.8. The van der Waals surface area contributed by atoms with Crippen molar-refractivity contribution in [2.24, 2.45) is 5.73 Å². The van der Waals surface area contributed by atoms with Gasteiger partial charge in [-0.1, -0.05) is 97.1 Å². The van der Waals surface area contributed by atoms with Gasteiger partial charge in [0, 0.05) is 69.7 Å². The molecule has 5 heterocycles. The standard InChI is InChI=1S/C32H18N8.C8H6F13N.Zn/c1-2-10-18-17(9-1)25-33-26(18)38-28-21-13-5-6-14-22(21)30(35-28)40-32-24-16-8-7-15-23(24)31(36-32)39-29-20-12-4-3-11-19(20)27(34-29)37-25;9-3(10,1-2-22)4(11,12)5(13,14)6(15,16)7(17,18)8(19,20)21;/h1-16H,(H2,33,34,35,36,37,38,39,40);1-2,22H2;. The van der Waals surface area contributed by atoms with Crippen LogP contribution in [0.4, 0.5) is 57.1 Å². The summed E-state index contributed by atoms with van der Waals surface area (Å²) < 4.78 is 162. The first-order chi connectivity index (χ1) is 29.1. The monoisotopic (exact) mass is 941 g/mol. The van der Waals surface area contributed by atoms with Crippen molar-refractivity contribution < 1.29 is 76.6 Å².